The topological polar surface area (TPSA) is 49.3 Å². The lowest BCUT2D eigenvalue weighted by molar-refractivity contribution is 0.0697. The Bertz CT molecular complexity index is 596. The Labute approximate surface area is 130 Å². The minimum atomic E-state index is -0.928. The number of carbonyl (C=O) groups is 1. The molecule has 0 saturated heterocycles. The van der Waals surface area contributed by atoms with Gasteiger partial charge in [0.2, 0.25) is 0 Å². The van der Waals surface area contributed by atoms with Crippen LogP contribution < -0.4 is 5.32 Å². The van der Waals surface area contributed by atoms with Gasteiger partial charge in [0.1, 0.15) is 0 Å². The summed E-state index contributed by atoms with van der Waals surface area (Å²) in [5.74, 6) is -0.568. The van der Waals surface area contributed by atoms with Gasteiger partial charge in [-0.25, -0.2) is 4.79 Å². The summed E-state index contributed by atoms with van der Waals surface area (Å²) in [6.45, 7) is 4.24. The number of aromatic carboxylic acids is 1. The molecule has 0 aliphatic heterocycles. The van der Waals surface area contributed by atoms with Gasteiger partial charge in [-0.1, -0.05) is 35.8 Å². The van der Waals surface area contributed by atoms with Crippen LogP contribution in [0.5, 0.6) is 0 Å². The molecule has 2 aromatic rings. The van der Waals surface area contributed by atoms with E-state index in [1.54, 1.807) is 23.5 Å². The molecule has 2 rings (SSSR count). The molecule has 20 heavy (non-hydrogen) atoms. The largest absolute Gasteiger partial charge is 0.478 e. The minimum absolute atomic E-state index is 0.106. The summed E-state index contributed by atoms with van der Waals surface area (Å²) in [5, 5.41) is 14.7. The van der Waals surface area contributed by atoms with E-state index in [1.807, 2.05) is 17.5 Å². The molecular weight excluding hydrogens is 338 g/mol. The van der Waals surface area contributed by atoms with Crippen molar-refractivity contribution in [3.8, 4) is 0 Å². The SMILES string of the molecule is CC(C)C(Nc1ccc(Br)cc1C(=O)O)c1cccs1. The van der Waals surface area contributed by atoms with Crippen LogP contribution in [0.15, 0.2) is 40.2 Å². The van der Waals surface area contributed by atoms with Crippen LogP contribution in [-0.2, 0) is 0 Å². The van der Waals surface area contributed by atoms with Crippen molar-refractivity contribution < 1.29 is 9.90 Å². The zero-order valence-electron chi connectivity index (χ0n) is 11.3. The number of carboxylic acids is 1. The molecule has 0 bridgehead atoms. The van der Waals surface area contributed by atoms with Crippen molar-refractivity contribution in [2.45, 2.75) is 19.9 Å². The van der Waals surface area contributed by atoms with Gasteiger partial charge in [-0.15, -0.1) is 11.3 Å². The van der Waals surface area contributed by atoms with Crippen molar-refractivity contribution >= 4 is 38.9 Å². The van der Waals surface area contributed by atoms with Crippen LogP contribution in [0.3, 0.4) is 0 Å². The minimum Gasteiger partial charge on any atom is -0.478 e. The number of rotatable bonds is 5. The first-order valence-electron chi connectivity index (χ1n) is 6.32. The predicted molar refractivity (Wildman–Crippen MR) is 86.6 cm³/mol. The maximum atomic E-state index is 11.4. The summed E-state index contributed by atoms with van der Waals surface area (Å²) in [5.41, 5.74) is 0.925. The highest BCUT2D eigenvalue weighted by Gasteiger charge is 2.19. The summed E-state index contributed by atoms with van der Waals surface area (Å²) < 4.78 is 0.762. The molecule has 1 unspecified atom stereocenters. The molecule has 0 saturated carbocycles. The van der Waals surface area contributed by atoms with E-state index in [4.69, 9.17) is 0 Å². The second-order valence-electron chi connectivity index (χ2n) is 4.88. The average molecular weight is 354 g/mol. The van der Waals surface area contributed by atoms with E-state index < -0.39 is 5.97 Å². The standard InChI is InChI=1S/C15H16BrNO2S/c1-9(2)14(13-4-3-7-20-13)17-12-6-5-10(16)8-11(12)15(18)19/h3-9,14,17H,1-2H3,(H,18,19). The fourth-order valence-corrected chi connectivity index (χ4v) is 3.33. The monoisotopic (exact) mass is 353 g/mol. The van der Waals surface area contributed by atoms with Crippen molar-refractivity contribution in [3.63, 3.8) is 0 Å². The fraction of sp³-hybridized carbons (Fsp3) is 0.267. The smallest absolute Gasteiger partial charge is 0.337 e. The van der Waals surface area contributed by atoms with E-state index in [0.717, 1.165) is 4.47 Å². The van der Waals surface area contributed by atoms with Gasteiger partial charge >= 0.3 is 5.97 Å². The zero-order chi connectivity index (χ0) is 14.7. The molecule has 0 spiro atoms. The highest BCUT2D eigenvalue weighted by molar-refractivity contribution is 9.10. The van der Waals surface area contributed by atoms with E-state index in [0.29, 0.717) is 11.6 Å². The van der Waals surface area contributed by atoms with E-state index in [9.17, 15) is 9.90 Å². The van der Waals surface area contributed by atoms with Crippen molar-refractivity contribution in [3.05, 3.63) is 50.6 Å². The Morgan fingerprint density at radius 3 is 2.65 bits per heavy atom. The van der Waals surface area contributed by atoms with Crippen molar-refractivity contribution in [1.82, 2.24) is 0 Å². The highest BCUT2D eigenvalue weighted by Crippen LogP contribution is 2.31. The van der Waals surface area contributed by atoms with Gasteiger partial charge in [-0.2, -0.15) is 0 Å². The molecule has 2 N–H and O–H groups in total. The quantitative estimate of drug-likeness (QED) is 0.793. The number of nitrogens with one attached hydrogen (secondary N) is 1. The van der Waals surface area contributed by atoms with Gasteiger partial charge in [0.05, 0.1) is 11.6 Å². The number of hydrogen-bond donors (Lipinski definition) is 2. The van der Waals surface area contributed by atoms with Crippen LogP contribution in [-0.4, -0.2) is 11.1 Å². The van der Waals surface area contributed by atoms with E-state index in [2.05, 4.69) is 41.2 Å². The molecule has 106 valence electrons. The van der Waals surface area contributed by atoms with E-state index in [-0.39, 0.29) is 11.6 Å². The Morgan fingerprint density at radius 1 is 1.35 bits per heavy atom. The van der Waals surface area contributed by atoms with Crippen LogP contribution in [0.1, 0.15) is 35.1 Å². The summed E-state index contributed by atoms with van der Waals surface area (Å²) in [6, 6.07) is 9.46. The average Bonchev–Trinajstić information content (AvgIpc) is 2.90. The van der Waals surface area contributed by atoms with E-state index >= 15 is 0 Å². The number of thiophene rings is 1. The second kappa shape index (κ2) is 6.41. The molecular formula is C15H16BrNO2S. The lowest BCUT2D eigenvalue weighted by Gasteiger charge is -2.23. The van der Waals surface area contributed by atoms with Crippen LogP contribution in [0.2, 0.25) is 0 Å². The molecule has 1 heterocycles. The molecule has 0 aliphatic carbocycles. The lowest BCUT2D eigenvalue weighted by atomic mass is 10.0. The third-order valence-electron chi connectivity index (χ3n) is 3.04. The fourth-order valence-electron chi connectivity index (χ4n) is 2.02. The Hall–Kier alpha value is -1.33. The third kappa shape index (κ3) is 3.41. The highest BCUT2D eigenvalue weighted by atomic mass is 79.9. The van der Waals surface area contributed by atoms with Gasteiger partial charge < -0.3 is 10.4 Å². The number of hydrogen-bond acceptors (Lipinski definition) is 3. The van der Waals surface area contributed by atoms with Crippen molar-refractivity contribution in [2.75, 3.05) is 5.32 Å². The Balaban J connectivity index is 2.34. The molecule has 0 fully saturated rings. The molecule has 0 radical (unpaired) electrons. The summed E-state index contributed by atoms with van der Waals surface area (Å²) in [4.78, 5) is 12.6. The molecule has 1 atom stereocenters. The first-order chi connectivity index (χ1) is 9.49. The maximum absolute atomic E-state index is 11.4. The normalized spacial score (nSPS) is 12.4. The Kier molecular flexibility index (Phi) is 4.83. The summed E-state index contributed by atoms with van der Waals surface area (Å²) in [7, 11) is 0. The van der Waals surface area contributed by atoms with Gasteiger partial charge in [0, 0.05) is 15.0 Å². The molecule has 0 aliphatic rings. The third-order valence-corrected chi connectivity index (χ3v) is 4.49. The van der Waals surface area contributed by atoms with Gasteiger partial charge in [0.15, 0.2) is 0 Å². The van der Waals surface area contributed by atoms with Crippen LogP contribution in [0.25, 0.3) is 0 Å². The van der Waals surface area contributed by atoms with Crippen LogP contribution in [0, 0.1) is 5.92 Å². The molecule has 1 aromatic heterocycles. The second-order valence-corrected chi connectivity index (χ2v) is 6.77. The van der Waals surface area contributed by atoms with Gasteiger partial charge in [-0.3, -0.25) is 0 Å². The van der Waals surface area contributed by atoms with Gasteiger partial charge in [-0.05, 0) is 35.6 Å². The van der Waals surface area contributed by atoms with E-state index in [1.165, 1.54) is 4.88 Å². The summed E-state index contributed by atoms with van der Waals surface area (Å²) >= 11 is 4.99. The first-order valence-corrected chi connectivity index (χ1v) is 7.99. The van der Waals surface area contributed by atoms with Crippen LogP contribution >= 0.6 is 27.3 Å². The van der Waals surface area contributed by atoms with Crippen LogP contribution in [0.4, 0.5) is 5.69 Å². The first kappa shape index (κ1) is 15.1. The van der Waals surface area contributed by atoms with Gasteiger partial charge in [0.25, 0.3) is 0 Å². The molecule has 1 aromatic carbocycles. The van der Waals surface area contributed by atoms with Crippen molar-refractivity contribution in [1.29, 1.82) is 0 Å². The zero-order valence-corrected chi connectivity index (χ0v) is 13.7. The lowest BCUT2D eigenvalue weighted by Crippen LogP contribution is -2.17. The van der Waals surface area contributed by atoms with Crippen molar-refractivity contribution in [2.24, 2.45) is 5.92 Å². The predicted octanol–water partition coefficient (Wildman–Crippen LogP) is 5.02. The molecule has 5 heteroatoms. The number of halogens is 1. The molecule has 0 amide bonds. The maximum Gasteiger partial charge on any atom is 0.337 e. The Morgan fingerprint density at radius 2 is 2.10 bits per heavy atom. The summed E-state index contributed by atoms with van der Waals surface area (Å²) in [6.07, 6.45) is 0. The number of benzene rings is 1. The number of carboxylic acid groups (broad SMARTS) is 1. The molecule has 3 nitrogen and oxygen atoms in total. The number of anilines is 1.